The molecule has 0 aromatic rings. The standard InChI is InChI=1S/C9H15NO2S/c11-6-7-5-9(8(12)10-7)1-3-13-4-2-9/h7,11H,1-6H2,(H,10,12). The molecule has 2 heterocycles. The average Bonchev–Trinajstić information content (AvgIpc) is 2.45. The molecule has 2 saturated heterocycles. The highest BCUT2D eigenvalue weighted by molar-refractivity contribution is 7.99. The third kappa shape index (κ3) is 1.57. The number of hydrogen-bond donors (Lipinski definition) is 2. The number of aliphatic hydroxyl groups is 1. The van der Waals surface area contributed by atoms with Gasteiger partial charge in [0.2, 0.25) is 5.91 Å². The van der Waals surface area contributed by atoms with Gasteiger partial charge in [-0.3, -0.25) is 4.79 Å². The summed E-state index contributed by atoms with van der Waals surface area (Å²) < 4.78 is 0. The molecule has 1 spiro atoms. The van der Waals surface area contributed by atoms with Crippen molar-refractivity contribution in [1.82, 2.24) is 5.32 Å². The normalized spacial score (nSPS) is 32.1. The van der Waals surface area contributed by atoms with Crippen molar-refractivity contribution in [2.45, 2.75) is 25.3 Å². The number of carbonyl (C=O) groups excluding carboxylic acids is 1. The molecule has 2 aliphatic rings. The zero-order valence-electron chi connectivity index (χ0n) is 7.58. The molecule has 0 saturated carbocycles. The SMILES string of the molecule is O=C1NC(CO)CC12CCSCC2. The third-order valence-electron chi connectivity index (χ3n) is 3.12. The van der Waals surface area contributed by atoms with Gasteiger partial charge in [-0.15, -0.1) is 0 Å². The number of nitrogens with one attached hydrogen (secondary N) is 1. The van der Waals surface area contributed by atoms with Crippen molar-refractivity contribution in [1.29, 1.82) is 0 Å². The van der Waals surface area contributed by atoms with E-state index in [-0.39, 0.29) is 24.0 Å². The first-order chi connectivity index (χ1) is 6.27. The van der Waals surface area contributed by atoms with Crippen molar-refractivity contribution in [2.24, 2.45) is 5.41 Å². The Bertz CT molecular complexity index is 214. The Morgan fingerprint density at radius 3 is 2.77 bits per heavy atom. The second-order valence-corrected chi connectivity index (χ2v) is 5.17. The van der Waals surface area contributed by atoms with E-state index in [0.717, 1.165) is 30.8 Å². The summed E-state index contributed by atoms with van der Waals surface area (Å²) in [5.41, 5.74) is -0.126. The van der Waals surface area contributed by atoms with Gasteiger partial charge in [0, 0.05) is 0 Å². The van der Waals surface area contributed by atoms with Gasteiger partial charge in [-0.05, 0) is 30.8 Å². The maximum Gasteiger partial charge on any atom is 0.226 e. The molecule has 2 fully saturated rings. The van der Waals surface area contributed by atoms with E-state index in [1.165, 1.54) is 0 Å². The molecule has 0 aromatic carbocycles. The summed E-state index contributed by atoms with van der Waals surface area (Å²) in [6, 6.07) is 0.00981. The van der Waals surface area contributed by atoms with E-state index in [1.807, 2.05) is 11.8 Å². The van der Waals surface area contributed by atoms with Crippen LogP contribution in [0.3, 0.4) is 0 Å². The van der Waals surface area contributed by atoms with Crippen molar-refractivity contribution in [2.75, 3.05) is 18.1 Å². The molecule has 13 heavy (non-hydrogen) atoms. The lowest BCUT2D eigenvalue weighted by molar-refractivity contribution is -0.128. The summed E-state index contributed by atoms with van der Waals surface area (Å²) in [5.74, 6) is 2.35. The second kappa shape index (κ2) is 3.50. The summed E-state index contributed by atoms with van der Waals surface area (Å²) in [7, 11) is 0. The first kappa shape index (κ1) is 9.34. The van der Waals surface area contributed by atoms with Crippen LogP contribution in [0.4, 0.5) is 0 Å². The van der Waals surface area contributed by atoms with Gasteiger partial charge in [0.1, 0.15) is 0 Å². The van der Waals surface area contributed by atoms with Gasteiger partial charge >= 0.3 is 0 Å². The lowest BCUT2D eigenvalue weighted by Crippen LogP contribution is -2.35. The highest BCUT2D eigenvalue weighted by atomic mass is 32.2. The summed E-state index contributed by atoms with van der Waals surface area (Å²) in [6.07, 6.45) is 2.81. The molecule has 2 aliphatic heterocycles. The molecule has 4 heteroatoms. The van der Waals surface area contributed by atoms with Crippen LogP contribution in [0.25, 0.3) is 0 Å². The Kier molecular flexibility index (Phi) is 2.51. The molecule has 74 valence electrons. The Morgan fingerprint density at radius 1 is 1.54 bits per heavy atom. The maximum atomic E-state index is 11.7. The number of aliphatic hydroxyl groups excluding tert-OH is 1. The van der Waals surface area contributed by atoms with Crippen molar-refractivity contribution in [3.05, 3.63) is 0 Å². The number of hydrogen-bond acceptors (Lipinski definition) is 3. The summed E-state index contributed by atoms with van der Waals surface area (Å²) >= 11 is 1.92. The molecule has 0 aromatic heterocycles. The van der Waals surface area contributed by atoms with Gasteiger partial charge in [-0.1, -0.05) is 0 Å². The van der Waals surface area contributed by atoms with Gasteiger partial charge in [-0.2, -0.15) is 11.8 Å². The van der Waals surface area contributed by atoms with Crippen LogP contribution >= 0.6 is 11.8 Å². The minimum absolute atomic E-state index is 0.00981. The van der Waals surface area contributed by atoms with Gasteiger partial charge < -0.3 is 10.4 Å². The number of carbonyl (C=O) groups is 1. The van der Waals surface area contributed by atoms with Crippen LogP contribution in [0.5, 0.6) is 0 Å². The van der Waals surface area contributed by atoms with Crippen LogP contribution in [-0.4, -0.2) is 35.2 Å². The monoisotopic (exact) mass is 201 g/mol. The van der Waals surface area contributed by atoms with Crippen LogP contribution in [0.2, 0.25) is 0 Å². The van der Waals surface area contributed by atoms with E-state index in [9.17, 15) is 4.79 Å². The molecular weight excluding hydrogens is 186 g/mol. The van der Waals surface area contributed by atoms with Gasteiger partial charge in [0.25, 0.3) is 0 Å². The predicted octanol–water partition coefficient (Wildman–Crippen LogP) is 0.381. The first-order valence-electron chi connectivity index (χ1n) is 4.76. The summed E-state index contributed by atoms with van der Waals surface area (Å²) in [5, 5.41) is 11.8. The lowest BCUT2D eigenvalue weighted by atomic mass is 9.79. The molecule has 0 radical (unpaired) electrons. The quantitative estimate of drug-likeness (QED) is 0.645. The number of rotatable bonds is 1. The number of amides is 1. The molecule has 2 N–H and O–H groups in total. The van der Waals surface area contributed by atoms with Gasteiger partial charge in [0.05, 0.1) is 18.1 Å². The molecule has 0 aliphatic carbocycles. The average molecular weight is 201 g/mol. The van der Waals surface area contributed by atoms with Crippen LogP contribution in [0, 0.1) is 5.41 Å². The fourth-order valence-corrected chi connectivity index (χ4v) is 3.53. The van der Waals surface area contributed by atoms with Crippen molar-refractivity contribution in [3.8, 4) is 0 Å². The minimum atomic E-state index is -0.126. The topological polar surface area (TPSA) is 49.3 Å². The summed E-state index contributed by atoms with van der Waals surface area (Å²) in [4.78, 5) is 11.7. The zero-order valence-corrected chi connectivity index (χ0v) is 8.40. The molecule has 2 rings (SSSR count). The molecular formula is C9H15NO2S. The largest absolute Gasteiger partial charge is 0.394 e. The molecule has 1 unspecified atom stereocenters. The Labute approximate surface area is 82.3 Å². The highest BCUT2D eigenvalue weighted by Gasteiger charge is 2.46. The van der Waals surface area contributed by atoms with Gasteiger partial charge in [0.15, 0.2) is 0 Å². The summed E-state index contributed by atoms with van der Waals surface area (Å²) in [6.45, 7) is 0.0840. The highest BCUT2D eigenvalue weighted by Crippen LogP contribution is 2.42. The van der Waals surface area contributed by atoms with E-state index in [4.69, 9.17) is 5.11 Å². The van der Waals surface area contributed by atoms with E-state index >= 15 is 0 Å². The third-order valence-corrected chi connectivity index (χ3v) is 4.11. The Balaban J connectivity index is 2.08. The van der Waals surface area contributed by atoms with Crippen LogP contribution < -0.4 is 5.32 Å². The second-order valence-electron chi connectivity index (χ2n) is 3.95. The van der Waals surface area contributed by atoms with Crippen LogP contribution in [-0.2, 0) is 4.79 Å². The molecule has 0 bridgehead atoms. The van der Waals surface area contributed by atoms with E-state index in [2.05, 4.69) is 5.32 Å². The first-order valence-corrected chi connectivity index (χ1v) is 5.92. The molecule has 1 amide bonds. The van der Waals surface area contributed by atoms with Gasteiger partial charge in [-0.25, -0.2) is 0 Å². The smallest absolute Gasteiger partial charge is 0.226 e. The fourth-order valence-electron chi connectivity index (χ4n) is 2.26. The predicted molar refractivity (Wildman–Crippen MR) is 52.6 cm³/mol. The van der Waals surface area contributed by atoms with Crippen molar-refractivity contribution in [3.63, 3.8) is 0 Å². The van der Waals surface area contributed by atoms with Crippen LogP contribution in [0.1, 0.15) is 19.3 Å². The van der Waals surface area contributed by atoms with Crippen molar-refractivity contribution < 1.29 is 9.90 Å². The maximum absolute atomic E-state index is 11.7. The lowest BCUT2D eigenvalue weighted by Gasteiger charge is -2.29. The van der Waals surface area contributed by atoms with E-state index < -0.39 is 0 Å². The van der Waals surface area contributed by atoms with Crippen LogP contribution in [0.15, 0.2) is 0 Å². The van der Waals surface area contributed by atoms with E-state index in [0.29, 0.717) is 0 Å². The van der Waals surface area contributed by atoms with Crippen molar-refractivity contribution >= 4 is 17.7 Å². The Hall–Kier alpha value is -0.220. The molecule has 1 atom stereocenters. The zero-order chi connectivity index (χ0) is 9.31. The Morgan fingerprint density at radius 2 is 2.23 bits per heavy atom. The number of thioether (sulfide) groups is 1. The molecule has 3 nitrogen and oxygen atoms in total. The fraction of sp³-hybridized carbons (Fsp3) is 0.889. The van der Waals surface area contributed by atoms with E-state index in [1.54, 1.807) is 0 Å². The minimum Gasteiger partial charge on any atom is -0.394 e.